The summed E-state index contributed by atoms with van der Waals surface area (Å²) < 4.78 is 59.1. The number of hydrogen-bond acceptors (Lipinski definition) is 4. The molecule has 1 amide bonds. The van der Waals surface area contributed by atoms with E-state index >= 15 is 0 Å². The number of carbonyl (C=O) groups excluding carboxylic acids is 1. The highest BCUT2D eigenvalue weighted by atomic mass is 79.9. The van der Waals surface area contributed by atoms with E-state index in [0.29, 0.717) is 6.07 Å². The number of ether oxygens (including phenoxy) is 1. The standard InChI is InChI=1S/C16H21BrF2N2O4S/c1-10-9-20(5-6-21(10)15(22)25-16(2,3)4)26(23,24)14-7-11(17)12(18)8-13(14)19/h7-8,10H,5-6,9H2,1-4H3/t10-/m1/s1. The minimum Gasteiger partial charge on any atom is -0.444 e. The molecular weight excluding hydrogens is 434 g/mol. The van der Waals surface area contributed by atoms with Crippen molar-refractivity contribution in [3.05, 3.63) is 28.2 Å². The van der Waals surface area contributed by atoms with Crippen LogP contribution in [0.25, 0.3) is 0 Å². The minimum atomic E-state index is -4.17. The van der Waals surface area contributed by atoms with Crippen LogP contribution in [0.3, 0.4) is 0 Å². The molecule has 0 aliphatic carbocycles. The van der Waals surface area contributed by atoms with Crippen molar-refractivity contribution in [2.45, 2.75) is 44.2 Å². The van der Waals surface area contributed by atoms with E-state index in [0.717, 1.165) is 10.4 Å². The molecule has 0 spiro atoms. The molecule has 10 heteroatoms. The van der Waals surface area contributed by atoms with Crippen LogP contribution in [0.5, 0.6) is 0 Å². The van der Waals surface area contributed by atoms with Gasteiger partial charge in [-0.15, -0.1) is 0 Å². The summed E-state index contributed by atoms with van der Waals surface area (Å²) in [6.45, 7) is 6.99. The normalized spacial score (nSPS) is 19.5. The van der Waals surface area contributed by atoms with Crippen LogP contribution in [0.15, 0.2) is 21.5 Å². The van der Waals surface area contributed by atoms with Crippen LogP contribution in [-0.4, -0.2) is 55.0 Å². The summed E-state index contributed by atoms with van der Waals surface area (Å²) in [6.07, 6.45) is -0.530. The first-order valence-electron chi connectivity index (χ1n) is 7.97. The number of amides is 1. The summed E-state index contributed by atoms with van der Waals surface area (Å²) in [7, 11) is -4.17. The number of hydrogen-bond donors (Lipinski definition) is 0. The van der Waals surface area contributed by atoms with Gasteiger partial charge in [0.15, 0.2) is 0 Å². The molecular formula is C16H21BrF2N2O4S. The Morgan fingerprint density at radius 2 is 1.85 bits per heavy atom. The van der Waals surface area contributed by atoms with Gasteiger partial charge in [0.1, 0.15) is 22.1 Å². The van der Waals surface area contributed by atoms with Crippen LogP contribution in [0, 0.1) is 11.6 Å². The van der Waals surface area contributed by atoms with Crippen molar-refractivity contribution < 1.29 is 26.7 Å². The van der Waals surface area contributed by atoms with E-state index in [9.17, 15) is 22.0 Å². The fourth-order valence-electron chi connectivity index (χ4n) is 2.58. The number of nitrogens with zero attached hydrogens (tertiary/aromatic N) is 2. The largest absolute Gasteiger partial charge is 0.444 e. The Labute approximate surface area is 160 Å². The molecule has 146 valence electrons. The van der Waals surface area contributed by atoms with E-state index < -0.39 is 44.3 Å². The summed E-state index contributed by atoms with van der Waals surface area (Å²) in [4.78, 5) is 13.0. The van der Waals surface area contributed by atoms with Crippen LogP contribution >= 0.6 is 15.9 Å². The smallest absolute Gasteiger partial charge is 0.410 e. The molecule has 0 aromatic heterocycles. The Morgan fingerprint density at radius 3 is 2.38 bits per heavy atom. The summed E-state index contributed by atoms with van der Waals surface area (Å²) in [6, 6.07) is 0.975. The van der Waals surface area contributed by atoms with Crippen molar-refractivity contribution in [2.24, 2.45) is 0 Å². The molecule has 1 atom stereocenters. The molecule has 26 heavy (non-hydrogen) atoms. The van der Waals surface area contributed by atoms with E-state index in [1.807, 2.05) is 0 Å². The third kappa shape index (κ3) is 4.52. The Hall–Kier alpha value is -1.26. The molecule has 1 heterocycles. The van der Waals surface area contributed by atoms with E-state index in [4.69, 9.17) is 4.74 Å². The fraction of sp³-hybridized carbons (Fsp3) is 0.562. The Balaban J connectivity index is 2.20. The molecule has 0 N–H and O–H groups in total. The molecule has 0 radical (unpaired) electrons. The van der Waals surface area contributed by atoms with Crippen LogP contribution in [-0.2, 0) is 14.8 Å². The second kappa shape index (κ2) is 7.40. The average molecular weight is 455 g/mol. The molecule has 1 aromatic carbocycles. The second-order valence-corrected chi connectivity index (χ2v) is 9.84. The van der Waals surface area contributed by atoms with Crippen LogP contribution in [0.1, 0.15) is 27.7 Å². The van der Waals surface area contributed by atoms with E-state index in [2.05, 4.69) is 15.9 Å². The van der Waals surface area contributed by atoms with Crippen molar-refractivity contribution in [3.8, 4) is 0 Å². The summed E-state index contributed by atoms with van der Waals surface area (Å²) in [5, 5.41) is 0. The van der Waals surface area contributed by atoms with Gasteiger partial charge in [0.2, 0.25) is 10.0 Å². The maximum atomic E-state index is 14.0. The van der Waals surface area contributed by atoms with Crippen LogP contribution < -0.4 is 0 Å². The van der Waals surface area contributed by atoms with Crippen LogP contribution in [0.2, 0.25) is 0 Å². The number of rotatable bonds is 2. The van der Waals surface area contributed by atoms with Gasteiger partial charge in [0.25, 0.3) is 0 Å². The lowest BCUT2D eigenvalue weighted by Gasteiger charge is -2.39. The number of benzene rings is 1. The zero-order valence-corrected chi connectivity index (χ0v) is 17.3. The van der Waals surface area contributed by atoms with Crippen molar-refractivity contribution >= 4 is 32.0 Å². The van der Waals surface area contributed by atoms with Crippen molar-refractivity contribution in [3.63, 3.8) is 0 Å². The lowest BCUT2D eigenvalue weighted by atomic mass is 10.2. The van der Waals surface area contributed by atoms with E-state index in [-0.39, 0.29) is 24.1 Å². The first kappa shape index (κ1) is 21.0. The highest BCUT2D eigenvalue weighted by molar-refractivity contribution is 9.10. The Morgan fingerprint density at radius 1 is 1.23 bits per heavy atom. The molecule has 1 fully saturated rings. The number of sulfonamides is 1. The molecule has 0 saturated carbocycles. The molecule has 1 aliphatic heterocycles. The zero-order chi connectivity index (χ0) is 19.9. The van der Waals surface area contributed by atoms with Gasteiger partial charge in [-0.2, -0.15) is 4.31 Å². The van der Waals surface area contributed by atoms with Gasteiger partial charge in [0.05, 0.1) is 4.47 Å². The third-order valence-corrected chi connectivity index (χ3v) is 6.30. The first-order chi connectivity index (χ1) is 11.8. The summed E-state index contributed by atoms with van der Waals surface area (Å²) in [5.74, 6) is -2.04. The molecule has 1 saturated heterocycles. The monoisotopic (exact) mass is 454 g/mol. The lowest BCUT2D eigenvalue weighted by molar-refractivity contribution is 0.00857. The van der Waals surface area contributed by atoms with Crippen LogP contribution in [0.4, 0.5) is 13.6 Å². The predicted molar refractivity (Wildman–Crippen MR) is 95.2 cm³/mol. The predicted octanol–water partition coefficient (Wildman–Crippen LogP) is 3.36. The Kier molecular flexibility index (Phi) is 5.99. The molecule has 1 aliphatic rings. The first-order valence-corrected chi connectivity index (χ1v) is 10.2. The summed E-state index contributed by atoms with van der Waals surface area (Å²) in [5.41, 5.74) is -0.663. The van der Waals surface area contributed by atoms with Crippen molar-refractivity contribution in [1.82, 2.24) is 9.21 Å². The maximum Gasteiger partial charge on any atom is 0.410 e. The SMILES string of the molecule is C[C@@H]1CN(S(=O)(=O)c2cc(Br)c(F)cc2F)CCN1C(=O)OC(C)(C)C. The van der Waals surface area contributed by atoms with E-state index in [1.165, 1.54) is 4.90 Å². The maximum absolute atomic E-state index is 14.0. The van der Waals surface area contributed by atoms with Gasteiger partial charge < -0.3 is 9.64 Å². The van der Waals surface area contributed by atoms with Crippen molar-refractivity contribution in [2.75, 3.05) is 19.6 Å². The Bertz CT molecular complexity index is 811. The topological polar surface area (TPSA) is 66.9 Å². The average Bonchev–Trinajstić information content (AvgIpc) is 2.48. The summed E-state index contributed by atoms with van der Waals surface area (Å²) >= 11 is 2.87. The number of piperazine rings is 1. The number of carbonyl (C=O) groups is 1. The number of halogens is 3. The van der Waals surface area contributed by atoms with E-state index in [1.54, 1.807) is 27.7 Å². The molecule has 2 rings (SSSR count). The highest BCUT2D eigenvalue weighted by Crippen LogP contribution is 2.27. The second-order valence-electron chi connectivity index (χ2n) is 7.08. The quantitative estimate of drug-likeness (QED) is 0.642. The minimum absolute atomic E-state index is 0.0135. The molecule has 6 nitrogen and oxygen atoms in total. The fourth-order valence-corrected chi connectivity index (χ4v) is 4.65. The zero-order valence-electron chi connectivity index (χ0n) is 14.9. The highest BCUT2D eigenvalue weighted by Gasteiger charge is 2.37. The lowest BCUT2D eigenvalue weighted by Crippen LogP contribution is -2.56. The van der Waals surface area contributed by atoms with Gasteiger partial charge in [-0.05, 0) is 49.7 Å². The van der Waals surface area contributed by atoms with Gasteiger partial charge in [-0.25, -0.2) is 22.0 Å². The van der Waals surface area contributed by atoms with Gasteiger partial charge in [0, 0.05) is 31.7 Å². The van der Waals surface area contributed by atoms with Gasteiger partial charge in [-0.3, -0.25) is 0 Å². The van der Waals surface area contributed by atoms with Gasteiger partial charge in [-0.1, -0.05) is 0 Å². The molecule has 1 aromatic rings. The van der Waals surface area contributed by atoms with Gasteiger partial charge >= 0.3 is 6.09 Å². The van der Waals surface area contributed by atoms with Crippen molar-refractivity contribution in [1.29, 1.82) is 0 Å². The third-order valence-electron chi connectivity index (χ3n) is 3.81. The molecule has 0 bridgehead atoms. The molecule has 0 unspecified atom stereocenters.